The molecule has 1 atom stereocenters. The van der Waals surface area contributed by atoms with Crippen LogP contribution < -0.4 is 5.32 Å². The summed E-state index contributed by atoms with van der Waals surface area (Å²) in [6.07, 6.45) is 0.282. The van der Waals surface area contributed by atoms with Crippen LogP contribution in [0.1, 0.15) is 26.7 Å². The van der Waals surface area contributed by atoms with E-state index in [1.807, 2.05) is 13.8 Å². The first-order chi connectivity index (χ1) is 7.41. The van der Waals surface area contributed by atoms with Gasteiger partial charge in [-0.25, -0.2) is 0 Å². The van der Waals surface area contributed by atoms with Crippen LogP contribution in [0, 0.1) is 0 Å². The summed E-state index contributed by atoms with van der Waals surface area (Å²) >= 11 is 3.99. The molecule has 0 aliphatic carbocycles. The van der Waals surface area contributed by atoms with Gasteiger partial charge in [-0.2, -0.15) is 12.6 Å². The number of nitrogens with zero attached hydrogens (tertiary/aromatic N) is 1. The number of carbonyl (C=O) groups excluding carboxylic acids is 3. The van der Waals surface area contributed by atoms with Crippen LogP contribution in [-0.4, -0.2) is 40.5 Å². The number of nitrogens with one attached hydrogen (secondary N) is 1. The summed E-state index contributed by atoms with van der Waals surface area (Å²) in [5, 5.41) is 2.16. The Kier molecular flexibility index (Phi) is 4.35. The lowest BCUT2D eigenvalue weighted by Crippen LogP contribution is -2.37. The summed E-state index contributed by atoms with van der Waals surface area (Å²) in [5.41, 5.74) is 0. The van der Waals surface area contributed by atoms with E-state index in [0.29, 0.717) is 0 Å². The molecule has 6 heteroatoms. The van der Waals surface area contributed by atoms with E-state index in [-0.39, 0.29) is 43.1 Å². The van der Waals surface area contributed by atoms with Gasteiger partial charge in [0.25, 0.3) is 0 Å². The normalized spacial score (nSPS) is 20.8. The first-order valence-corrected chi connectivity index (χ1v) is 5.75. The molecule has 1 rings (SSSR count). The largest absolute Gasteiger partial charge is 0.354 e. The summed E-state index contributed by atoms with van der Waals surface area (Å²) in [5.74, 6) is -0.703. The van der Waals surface area contributed by atoms with Crippen molar-refractivity contribution in [3.63, 3.8) is 0 Å². The highest BCUT2D eigenvalue weighted by Crippen LogP contribution is 2.17. The second-order valence-corrected chi connectivity index (χ2v) is 4.70. The summed E-state index contributed by atoms with van der Waals surface area (Å²) in [6, 6.07) is 0.0649. The Morgan fingerprint density at radius 1 is 1.56 bits per heavy atom. The first-order valence-electron chi connectivity index (χ1n) is 5.23. The molecule has 1 N–H and O–H groups in total. The predicted molar refractivity (Wildman–Crippen MR) is 62.0 cm³/mol. The Labute approximate surface area is 100.0 Å². The van der Waals surface area contributed by atoms with Gasteiger partial charge < -0.3 is 5.32 Å². The topological polar surface area (TPSA) is 66.5 Å². The quantitative estimate of drug-likeness (QED) is 0.538. The van der Waals surface area contributed by atoms with Gasteiger partial charge in [-0.3, -0.25) is 19.3 Å². The second kappa shape index (κ2) is 5.34. The maximum atomic E-state index is 11.4. The minimum Gasteiger partial charge on any atom is -0.354 e. The van der Waals surface area contributed by atoms with Gasteiger partial charge in [-0.1, -0.05) is 0 Å². The minimum atomic E-state index is -0.541. The van der Waals surface area contributed by atoms with Crippen molar-refractivity contribution in [2.75, 3.05) is 6.54 Å². The zero-order valence-corrected chi connectivity index (χ0v) is 10.3. The highest BCUT2D eigenvalue weighted by molar-refractivity contribution is 7.81. The van der Waals surface area contributed by atoms with Gasteiger partial charge in [0.2, 0.25) is 17.7 Å². The fourth-order valence-corrected chi connectivity index (χ4v) is 1.80. The number of rotatable bonds is 4. The van der Waals surface area contributed by atoms with Crippen LogP contribution in [0.15, 0.2) is 0 Å². The van der Waals surface area contributed by atoms with E-state index >= 15 is 0 Å². The predicted octanol–water partition coefficient (Wildman–Crippen LogP) is -0.0416. The molecule has 0 saturated carbocycles. The number of thiol groups is 1. The zero-order valence-electron chi connectivity index (χ0n) is 9.40. The van der Waals surface area contributed by atoms with Crippen molar-refractivity contribution >= 4 is 30.4 Å². The smallest absolute Gasteiger partial charge is 0.242 e. The molecular formula is C10H16N2O3S. The van der Waals surface area contributed by atoms with Gasteiger partial charge in [0.1, 0.15) is 0 Å². The SMILES string of the molecule is CC(C)NC(=O)CCN1C(=O)CC(S)C1=O. The van der Waals surface area contributed by atoms with E-state index in [2.05, 4.69) is 17.9 Å². The average molecular weight is 244 g/mol. The zero-order chi connectivity index (χ0) is 12.3. The molecule has 0 spiro atoms. The Bertz CT molecular complexity index is 317. The Morgan fingerprint density at radius 2 is 2.19 bits per heavy atom. The minimum absolute atomic E-state index is 0.0649. The number of hydrogen-bond acceptors (Lipinski definition) is 4. The number of likely N-dealkylation sites (tertiary alicyclic amines) is 1. The fourth-order valence-electron chi connectivity index (χ4n) is 1.51. The Morgan fingerprint density at radius 3 is 2.62 bits per heavy atom. The van der Waals surface area contributed by atoms with Crippen molar-refractivity contribution < 1.29 is 14.4 Å². The third-order valence-electron chi connectivity index (χ3n) is 2.23. The van der Waals surface area contributed by atoms with Crippen molar-refractivity contribution in [3.05, 3.63) is 0 Å². The number of imide groups is 1. The maximum Gasteiger partial charge on any atom is 0.242 e. The molecule has 1 saturated heterocycles. The van der Waals surface area contributed by atoms with E-state index in [4.69, 9.17) is 0 Å². The maximum absolute atomic E-state index is 11.4. The van der Waals surface area contributed by atoms with Crippen LogP contribution in [0.4, 0.5) is 0 Å². The van der Waals surface area contributed by atoms with Gasteiger partial charge >= 0.3 is 0 Å². The molecule has 0 bridgehead atoms. The molecule has 0 radical (unpaired) electrons. The molecule has 0 aromatic carbocycles. The highest BCUT2D eigenvalue weighted by atomic mass is 32.1. The molecule has 16 heavy (non-hydrogen) atoms. The third kappa shape index (κ3) is 3.23. The van der Waals surface area contributed by atoms with Crippen LogP contribution in [0.25, 0.3) is 0 Å². The van der Waals surface area contributed by atoms with Crippen LogP contribution >= 0.6 is 12.6 Å². The van der Waals surface area contributed by atoms with Crippen molar-refractivity contribution in [2.45, 2.75) is 38.0 Å². The molecule has 1 aliphatic heterocycles. The molecule has 3 amide bonds. The van der Waals surface area contributed by atoms with E-state index in [1.165, 1.54) is 0 Å². The van der Waals surface area contributed by atoms with Gasteiger partial charge in [-0.05, 0) is 13.8 Å². The van der Waals surface area contributed by atoms with Crippen molar-refractivity contribution in [2.24, 2.45) is 0 Å². The van der Waals surface area contributed by atoms with Crippen LogP contribution in [0.5, 0.6) is 0 Å². The van der Waals surface area contributed by atoms with Crippen molar-refractivity contribution in [1.82, 2.24) is 10.2 Å². The van der Waals surface area contributed by atoms with Crippen LogP contribution in [0.2, 0.25) is 0 Å². The van der Waals surface area contributed by atoms with Gasteiger partial charge in [0.05, 0.1) is 5.25 Å². The molecule has 1 heterocycles. The van der Waals surface area contributed by atoms with Crippen molar-refractivity contribution in [3.8, 4) is 0 Å². The van der Waals surface area contributed by atoms with Gasteiger partial charge in [0, 0.05) is 25.4 Å². The fraction of sp³-hybridized carbons (Fsp3) is 0.700. The standard InChI is InChI=1S/C10H16N2O3S/c1-6(2)11-8(13)3-4-12-9(14)5-7(16)10(12)15/h6-7,16H,3-5H2,1-2H3,(H,11,13). The van der Waals surface area contributed by atoms with E-state index in [1.54, 1.807) is 0 Å². The first kappa shape index (κ1) is 13.0. The monoisotopic (exact) mass is 244 g/mol. The second-order valence-electron chi connectivity index (χ2n) is 4.08. The Balaban J connectivity index is 2.41. The number of carbonyl (C=O) groups is 3. The van der Waals surface area contributed by atoms with Gasteiger partial charge in [0.15, 0.2) is 0 Å². The van der Waals surface area contributed by atoms with Crippen LogP contribution in [0.3, 0.4) is 0 Å². The Hall–Kier alpha value is -1.04. The van der Waals surface area contributed by atoms with E-state index in [0.717, 1.165) is 4.90 Å². The summed E-state index contributed by atoms with van der Waals surface area (Å²) in [7, 11) is 0. The molecule has 90 valence electrons. The lowest BCUT2D eigenvalue weighted by Gasteiger charge is -2.14. The number of hydrogen-bond donors (Lipinski definition) is 2. The third-order valence-corrected chi connectivity index (χ3v) is 2.64. The summed E-state index contributed by atoms with van der Waals surface area (Å²) < 4.78 is 0. The summed E-state index contributed by atoms with van der Waals surface area (Å²) in [6.45, 7) is 3.86. The molecule has 5 nitrogen and oxygen atoms in total. The molecular weight excluding hydrogens is 228 g/mol. The number of amides is 3. The van der Waals surface area contributed by atoms with Crippen molar-refractivity contribution in [1.29, 1.82) is 0 Å². The molecule has 0 aromatic rings. The van der Waals surface area contributed by atoms with Gasteiger partial charge in [-0.15, -0.1) is 0 Å². The van der Waals surface area contributed by atoms with Crippen LogP contribution in [-0.2, 0) is 14.4 Å². The molecule has 1 fully saturated rings. The molecule has 0 aromatic heterocycles. The molecule has 1 unspecified atom stereocenters. The average Bonchev–Trinajstić information content (AvgIpc) is 2.38. The highest BCUT2D eigenvalue weighted by Gasteiger charge is 2.36. The summed E-state index contributed by atoms with van der Waals surface area (Å²) in [4.78, 5) is 35.2. The molecule has 1 aliphatic rings. The lowest BCUT2D eigenvalue weighted by molar-refractivity contribution is -0.138. The van der Waals surface area contributed by atoms with E-state index in [9.17, 15) is 14.4 Å². The lowest BCUT2D eigenvalue weighted by atomic mass is 10.3. The van der Waals surface area contributed by atoms with E-state index < -0.39 is 5.25 Å².